The average Bonchev–Trinajstić information content (AvgIpc) is 1.57. The van der Waals surface area contributed by atoms with Gasteiger partial charge >= 0.3 is 0 Å². The first-order valence-electron chi connectivity index (χ1n) is 37.7. The molecule has 3 aliphatic carbocycles. The molecular formula is C106H65NO2S. The van der Waals surface area contributed by atoms with Crippen molar-refractivity contribution >= 4 is 75.9 Å². The lowest BCUT2D eigenvalue weighted by molar-refractivity contribution is 0.632. The van der Waals surface area contributed by atoms with Crippen LogP contribution in [0.1, 0.15) is 0 Å². The molecule has 4 heteroatoms. The van der Waals surface area contributed by atoms with Gasteiger partial charge in [0.05, 0.1) is 11.0 Å². The Morgan fingerprint density at radius 3 is 1.07 bits per heavy atom. The Balaban J connectivity index is 0.000000108. The van der Waals surface area contributed by atoms with E-state index in [-0.39, 0.29) is 0 Å². The first kappa shape index (κ1) is 63.1. The second-order valence-electron chi connectivity index (χ2n) is 28.7. The van der Waals surface area contributed by atoms with E-state index in [0.717, 1.165) is 33.8 Å². The molecule has 110 heavy (non-hydrogen) atoms. The fourth-order valence-corrected chi connectivity index (χ4v) is 19.2. The molecule has 0 atom stereocenters. The Kier molecular flexibility index (Phi) is 14.8. The van der Waals surface area contributed by atoms with Crippen LogP contribution in [0, 0.1) is 0 Å². The molecule has 3 nitrogen and oxygen atoms in total. The maximum atomic E-state index is 6.62. The summed E-state index contributed by atoms with van der Waals surface area (Å²) in [6.45, 7) is 0. The van der Waals surface area contributed by atoms with Gasteiger partial charge < -0.3 is 13.4 Å². The maximum absolute atomic E-state index is 6.62. The smallest absolute Gasteiger partial charge is 0.143 e. The number of nitrogens with zero attached hydrogens (tertiary/aromatic N) is 1. The van der Waals surface area contributed by atoms with Gasteiger partial charge in [0.15, 0.2) is 0 Å². The zero-order chi connectivity index (χ0) is 72.3. The fraction of sp³-hybridized carbons (Fsp3) is 0. The molecular weight excluding hydrogens is 1350 g/mol. The van der Waals surface area contributed by atoms with Crippen LogP contribution >= 0.6 is 11.3 Å². The van der Waals surface area contributed by atoms with Gasteiger partial charge in [0.1, 0.15) is 22.7 Å². The van der Waals surface area contributed by atoms with Crippen molar-refractivity contribution in [1.29, 1.82) is 0 Å². The minimum absolute atomic E-state index is 0.925. The predicted molar refractivity (Wildman–Crippen MR) is 463 cm³/mol. The molecule has 0 saturated heterocycles. The number of rotatable bonds is 6. The lowest BCUT2D eigenvalue weighted by Crippen LogP contribution is -1.93. The van der Waals surface area contributed by atoms with Crippen molar-refractivity contribution in [2.45, 2.75) is 0 Å². The third kappa shape index (κ3) is 10.1. The molecule has 0 bridgehead atoms. The molecule has 0 spiro atoms. The van der Waals surface area contributed by atoms with Crippen LogP contribution in [0.3, 0.4) is 0 Å². The second-order valence-corrected chi connectivity index (χ2v) is 29.7. The molecule has 0 amide bonds. The molecule has 0 saturated carbocycles. The summed E-state index contributed by atoms with van der Waals surface area (Å²) in [5, 5.41) is 8.93. The SMILES string of the molecule is c1ccc(-c2cccc(-c3oc4cccc5c4c3-c3ccccc3-c3ccccc3-5)c2)cc1.c1ccc(-c2oc3cccc4c3c2-c2ccccc2-c2ccccc2-4)cc1.c1ccc2c(c1)-c1ccccc1-c1c(-c3ccc(-c4ccc(-n5c6ccccc6c6ccccc65)cc4)cc3)sc3c1c-2cc1ccccc13. The summed E-state index contributed by atoms with van der Waals surface area (Å²) in [6.07, 6.45) is 0. The minimum Gasteiger partial charge on any atom is -0.455 e. The lowest BCUT2D eigenvalue weighted by Gasteiger charge is -2.12. The van der Waals surface area contributed by atoms with Crippen molar-refractivity contribution in [3.8, 4) is 161 Å². The molecule has 0 aliphatic heterocycles. The van der Waals surface area contributed by atoms with Gasteiger partial charge in [-0.3, -0.25) is 0 Å². The Morgan fingerprint density at radius 2 is 0.555 bits per heavy atom. The van der Waals surface area contributed by atoms with E-state index in [9.17, 15) is 0 Å². The summed E-state index contributed by atoms with van der Waals surface area (Å²) >= 11 is 1.93. The van der Waals surface area contributed by atoms with E-state index in [2.05, 4.69) is 393 Å². The van der Waals surface area contributed by atoms with E-state index in [4.69, 9.17) is 8.83 Å². The normalized spacial score (nSPS) is 11.8. The van der Waals surface area contributed by atoms with Gasteiger partial charge in [-0.2, -0.15) is 0 Å². The van der Waals surface area contributed by atoms with Crippen LogP contribution in [0.25, 0.3) is 226 Å². The Hall–Kier alpha value is -14.2. The highest BCUT2D eigenvalue weighted by Crippen LogP contribution is 2.58. The highest BCUT2D eigenvalue weighted by Gasteiger charge is 2.31. The number of furan rings is 2. The fourth-order valence-electron chi connectivity index (χ4n) is 17.8. The van der Waals surface area contributed by atoms with Crippen molar-refractivity contribution in [2.75, 3.05) is 0 Å². The number of hydrogen-bond acceptors (Lipinski definition) is 3. The molecule has 0 unspecified atom stereocenters. The molecule has 24 rings (SSSR count). The van der Waals surface area contributed by atoms with Crippen molar-refractivity contribution in [3.05, 3.63) is 394 Å². The zero-order valence-electron chi connectivity index (χ0n) is 59.7. The van der Waals surface area contributed by atoms with Crippen LogP contribution in [-0.2, 0) is 0 Å². The van der Waals surface area contributed by atoms with Crippen LogP contribution in [0.4, 0.5) is 0 Å². The van der Waals surface area contributed by atoms with Crippen molar-refractivity contribution in [2.24, 2.45) is 0 Å². The summed E-state index contributed by atoms with van der Waals surface area (Å²) < 4.78 is 16.8. The largest absolute Gasteiger partial charge is 0.455 e. The molecule has 3 aliphatic rings. The Morgan fingerprint density at radius 1 is 0.209 bits per heavy atom. The van der Waals surface area contributed by atoms with E-state index < -0.39 is 0 Å². The number of aromatic nitrogens is 1. The van der Waals surface area contributed by atoms with Crippen molar-refractivity contribution in [3.63, 3.8) is 0 Å². The van der Waals surface area contributed by atoms with Crippen LogP contribution in [-0.4, -0.2) is 4.57 Å². The standard InChI is InChI=1S/C48H29NS.C32H20O.C26H16O/c1-2-12-35-33(11-1)29-42-38-15-4-3-13-36(38)37-14-5-6-18-41(37)45-46(42)48(35)50-47(45)32-23-21-30(22-24-32)31-25-27-34(28-26-31)49-43-19-9-7-16-39(43)40-17-8-10-20-44(40)49;1-2-10-21(11-3-1)22-12-8-13-23(20-22)32-31-28-17-7-6-16-26(28)24-14-4-5-15-25(24)27-18-9-19-29(33-32)30(27)31;1-2-9-17(10-3-1)26-25-22-14-7-6-13-20(22)18-11-4-5-12-19(18)21-15-8-16-23(27-26)24(21)25/h1-29H;1-20H;1-16H. The predicted octanol–water partition coefficient (Wildman–Crippen LogP) is 30.3. The first-order chi connectivity index (χ1) is 54.6. The number of hydrogen-bond donors (Lipinski definition) is 0. The van der Waals surface area contributed by atoms with Crippen LogP contribution in [0.5, 0.6) is 0 Å². The summed E-state index contributed by atoms with van der Waals surface area (Å²) in [7, 11) is 0. The van der Waals surface area contributed by atoms with Crippen LogP contribution < -0.4 is 0 Å². The number of para-hydroxylation sites is 2. The van der Waals surface area contributed by atoms with Crippen LogP contribution in [0.2, 0.25) is 0 Å². The van der Waals surface area contributed by atoms with E-state index in [0.29, 0.717) is 0 Å². The zero-order valence-corrected chi connectivity index (χ0v) is 60.5. The Labute approximate surface area is 640 Å². The molecule has 4 aromatic heterocycles. The van der Waals surface area contributed by atoms with Crippen molar-refractivity contribution < 1.29 is 8.83 Å². The molecule has 4 heterocycles. The van der Waals surface area contributed by atoms with Gasteiger partial charge in [0.25, 0.3) is 0 Å². The summed E-state index contributed by atoms with van der Waals surface area (Å²) in [5.74, 6) is 1.87. The monoisotopic (exact) mass is 1420 g/mol. The third-order valence-electron chi connectivity index (χ3n) is 22.7. The quantitative estimate of drug-likeness (QED) is 0.166. The third-order valence-corrected chi connectivity index (χ3v) is 24.0. The molecule has 0 radical (unpaired) electrons. The van der Waals surface area contributed by atoms with Crippen LogP contribution in [0.15, 0.2) is 403 Å². The summed E-state index contributed by atoms with van der Waals surface area (Å²) in [5.41, 5.74) is 36.5. The van der Waals surface area contributed by atoms with Gasteiger partial charge in [-0.25, -0.2) is 0 Å². The number of fused-ring (bicyclic) bond motifs is 20. The number of thiophene rings is 1. The van der Waals surface area contributed by atoms with Gasteiger partial charge in [0.2, 0.25) is 0 Å². The van der Waals surface area contributed by atoms with Gasteiger partial charge in [-0.15, -0.1) is 11.3 Å². The van der Waals surface area contributed by atoms with E-state index in [1.54, 1.807) is 0 Å². The van der Waals surface area contributed by atoms with Gasteiger partial charge in [0, 0.05) is 70.0 Å². The molecule has 512 valence electrons. The second kappa shape index (κ2) is 25.8. The minimum atomic E-state index is 0.925. The molecule has 21 aromatic rings. The van der Waals surface area contributed by atoms with Gasteiger partial charge in [-0.05, 0) is 171 Å². The highest BCUT2D eigenvalue weighted by molar-refractivity contribution is 7.24. The first-order valence-corrected chi connectivity index (χ1v) is 38.5. The Bertz CT molecular complexity index is 7200. The van der Waals surface area contributed by atoms with E-state index >= 15 is 0 Å². The molecule has 0 N–H and O–H groups in total. The topological polar surface area (TPSA) is 31.2 Å². The average molecular weight is 1420 g/mol. The molecule has 17 aromatic carbocycles. The van der Waals surface area contributed by atoms with Gasteiger partial charge in [-0.1, -0.05) is 346 Å². The van der Waals surface area contributed by atoms with E-state index in [1.807, 2.05) is 17.4 Å². The maximum Gasteiger partial charge on any atom is 0.143 e. The highest BCUT2D eigenvalue weighted by atomic mass is 32.1. The summed E-state index contributed by atoms with van der Waals surface area (Å²) in [6, 6.07) is 142. The lowest BCUT2D eigenvalue weighted by atomic mass is 9.92. The van der Waals surface area contributed by atoms with E-state index in [1.165, 1.54) is 192 Å². The summed E-state index contributed by atoms with van der Waals surface area (Å²) in [4.78, 5) is 1.33. The van der Waals surface area contributed by atoms with Crippen molar-refractivity contribution in [1.82, 2.24) is 4.57 Å². The molecule has 0 fully saturated rings. The number of benzene rings is 17.